The molecule has 3 aromatic rings. The minimum Gasteiger partial charge on any atom is -0.495 e. The fourth-order valence-corrected chi connectivity index (χ4v) is 2.45. The van der Waals surface area contributed by atoms with E-state index in [0.29, 0.717) is 0 Å². The molecule has 0 N–H and O–H groups in total. The maximum Gasteiger partial charge on any atom is 0.231 e. The van der Waals surface area contributed by atoms with Gasteiger partial charge in [-0.15, -0.1) is 0 Å². The summed E-state index contributed by atoms with van der Waals surface area (Å²) in [4.78, 5) is 0. The molecule has 1 aliphatic rings. The van der Waals surface area contributed by atoms with Gasteiger partial charge in [0.2, 0.25) is 6.79 Å². The van der Waals surface area contributed by atoms with E-state index < -0.39 is 0 Å². The van der Waals surface area contributed by atoms with Crippen LogP contribution in [0.2, 0.25) is 0 Å². The van der Waals surface area contributed by atoms with E-state index in [1.807, 2.05) is 24.3 Å². The monoisotopic (exact) mass is 242 g/mol. The van der Waals surface area contributed by atoms with Gasteiger partial charge in [0.05, 0.1) is 18.8 Å². The van der Waals surface area contributed by atoms with Crippen molar-refractivity contribution in [1.29, 1.82) is 0 Å². The number of fused-ring (bicyclic) bond motifs is 4. The molecule has 2 aromatic carbocycles. The lowest BCUT2D eigenvalue weighted by Crippen LogP contribution is -1.93. The topological polar surface area (TPSA) is 40.8 Å². The lowest BCUT2D eigenvalue weighted by molar-refractivity contribution is 0.175. The summed E-state index contributed by atoms with van der Waals surface area (Å²) in [7, 11) is 1.66. The van der Waals surface area contributed by atoms with Crippen LogP contribution in [0, 0.1) is 0 Å². The zero-order valence-corrected chi connectivity index (χ0v) is 9.73. The Morgan fingerprint density at radius 2 is 2.00 bits per heavy atom. The van der Waals surface area contributed by atoms with Crippen LogP contribution in [-0.2, 0) is 0 Å². The quantitative estimate of drug-likeness (QED) is 0.656. The highest BCUT2D eigenvalue weighted by atomic mass is 16.7. The predicted octanol–water partition coefficient (Wildman–Crippen LogP) is 3.32. The Bertz CT molecular complexity index is 757. The van der Waals surface area contributed by atoms with Crippen LogP contribution in [0.1, 0.15) is 0 Å². The molecular formula is C14H10O4. The van der Waals surface area contributed by atoms with Gasteiger partial charge in [-0.2, -0.15) is 0 Å². The summed E-state index contributed by atoms with van der Waals surface area (Å²) in [6.45, 7) is 0.257. The molecule has 0 unspecified atom stereocenters. The average molecular weight is 242 g/mol. The van der Waals surface area contributed by atoms with E-state index in [4.69, 9.17) is 18.6 Å². The van der Waals surface area contributed by atoms with Gasteiger partial charge in [0.15, 0.2) is 11.5 Å². The Hall–Kier alpha value is -2.36. The van der Waals surface area contributed by atoms with Gasteiger partial charge in [-0.05, 0) is 24.3 Å². The second kappa shape index (κ2) is 3.32. The predicted molar refractivity (Wildman–Crippen MR) is 66.4 cm³/mol. The molecule has 0 saturated heterocycles. The van der Waals surface area contributed by atoms with E-state index in [9.17, 15) is 0 Å². The number of ether oxygens (including phenoxy) is 3. The number of hydrogen-bond acceptors (Lipinski definition) is 4. The molecule has 90 valence electrons. The van der Waals surface area contributed by atoms with E-state index in [1.165, 1.54) is 0 Å². The standard InChI is InChI=1S/C14H10O4/c1-15-13-8-2-3-11-14(18-7-17-11)10(8)6-12-9(13)4-5-16-12/h2-6H,7H2,1H3. The Labute approximate surface area is 103 Å². The van der Waals surface area contributed by atoms with Crippen molar-refractivity contribution in [3.8, 4) is 17.2 Å². The minimum absolute atomic E-state index is 0.257. The van der Waals surface area contributed by atoms with Gasteiger partial charge >= 0.3 is 0 Å². The molecule has 0 amide bonds. The van der Waals surface area contributed by atoms with E-state index in [2.05, 4.69) is 0 Å². The first kappa shape index (κ1) is 9.65. The maximum atomic E-state index is 5.52. The molecule has 2 heterocycles. The van der Waals surface area contributed by atoms with Crippen molar-refractivity contribution in [2.24, 2.45) is 0 Å². The fraction of sp³-hybridized carbons (Fsp3) is 0.143. The summed E-state index contributed by atoms with van der Waals surface area (Å²) in [5.41, 5.74) is 0.781. The second-order valence-corrected chi connectivity index (χ2v) is 4.14. The molecule has 0 bridgehead atoms. The van der Waals surface area contributed by atoms with Gasteiger partial charge in [0.25, 0.3) is 0 Å². The highest BCUT2D eigenvalue weighted by Gasteiger charge is 2.20. The summed E-state index contributed by atoms with van der Waals surface area (Å²) in [6.07, 6.45) is 1.66. The molecule has 1 aliphatic heterocycles. The van der Waals surface area contributed by atoms with Gasteiger partial charge in [-0.3, -0.25) is 0 Å². The third kappa shape index (κ3) is 1.09. The number of hydrogen-bond donors (Lipinski definition) is 0. The van der Waals surface area contributed by atoms with Crippen LogP contribution in [0.25, 0.3) is 21.7 Å². The third-order valence-corrected chi connectivity index (χ3v) is 3.24. The smallest absolute Gasteiger partial charge is 0.231 e. The molecule has 0 saturated carbocycles. The number of furan rings is 1. The molecule has 0 fully saturated rings. The molecule has 0 radical (unpaired) electrons. The lowest BCUT2D eigenvalue weighted by Gasteiger charge is -2.08. The van der Waals surface area contributed by atoms with Crippen LogP contribution in [0.5, 0.6) is 17.2 Å². The normalized spacial score (nSPS) is 13.4. The van der Waals surface area contributed by atoms with Crippen molar-refractivity contribution in [1.82, 2.24) is 0 Å². The van der Waals surface area contributed by atoms with Gasteiger partial charge in [-0.25, -0.2) is 0 Å². The molecule has 1 aromatic heterocycles. The van der Waals surface area contributed by atoms with E-state index in [0.717, 1.165) is 39.0 Å². The number of methoxy groups -OCH3 is 1. The summed E-state index contributed by atoms with van der Waals surface area (Å²) in [6, 6.07) is 7.74. The zero-order valence-electron chi connectivity index (χ0n) is 9.73. The van der Waals surface area contributed by atoms with Crippen LogP contribution in [0.4, 0.5) is 0 Å². The maximum absolute atomic E-state index is 5.52. The summed E-state index contributed by atoms with van der Waals surface area (Å²) >= 11 is 0. The van der Waals surface area contributed by atoms with E-state index in [1.54, 1.807) is 13.4 Å². The number of rotatable bonds is 1. The Balaban J connectivity index is 2.22. The Morgan fingerprint density at radius 3 is 2.89 bits per heavy atom. The van der Waals surface area contributed by atoms with Gasteiger partial charge < -0.3 is 18.6 Å². The highest BCUT2D eigenvalue weighted by molar-refractivity contribution is 6.06. The van der Waals surface area contributed by atoms with Crippen molar-refractivity contribution in [3.63, 3.8) is 0 Å². The van der Waals surface area contributed by atoms with Crippen LogP contribution >= 0.6 is 0 Å². The highest BCUT2D eigenvalue weighted by Crippen LogP contribution is 2.45. The first-order valence-corrected chi connectivity index (χ1v) is 5.65. The van der Waals surface area contributed by atoms with Gasteiger partial charge in [0, 0.05) is 10.8 Å². The molecule has 0 aliphatic carbocycles. The van der Waals surface area contributed by atoms with Crippen molar-refractivity contribution in [2.75, 3.05) is 13.9 Å². The second-order valence-electron chi connectivity index (χ2n) is 4.14. The van der Waals surface area contributed by atoms with E-state index >= 15 is 0 Å². The summed E-state index contributed by atoms with van der Waals surface area (Å²) < 4.78 is 21.9. The summed E-state index contributed by atoms with van der Waals surface area (Å²) in [5.74, 6) is 2.31. The SMILES string of the molecule is COc1c2ccoc2cc2c3c(ccc12)OCO3. The first-order valence-electron chi connectivity index (χ1n) is 5.65. The molecule has 0 spiro atoms. The minimum atomic E-state index is 0.257. The van der Waals surface area contributed by atoms with Gasteiger partial charge in [-0.1, -0.05) is 0 Å². The average Bonchev–Trinajstić information content (AvgIpc) is 3.03. The van der Waals surface area contributed by atoms with Gasteiger partial charge in [0.1, 0.15) is 11.3 Å². The first-order chi connectivity index (χ1) is 8.88. The molecule has 4 nitrogen and oxygen atoms in total. The van der Waals surface area contributed by atoms with Crippen LogP contribution < -0.4 is 14.2 Å². The molecular weight excluding hydrogens is 232 g/mol. The van der Waals surface area contributed by atoms with Crippen molar-refractivity contribution >= 4 is 21.7 Å². The Morgan fingerprint density at radius 1 is 1.06 bits per heavy atom. The largest absolute Gasteiger partial charge is 0.495 e. The zero-order chi connectivity index (χ0) is 12.1. The van der Waals surface area contributed by atoms with Crippen LogP contribution in [0.3, 0.4) is 0 Å². The van der Waals surface area contributed by atoms with Crippen LogP contribution in [-0.4, -0.2) is 13.9 Å². The lowest BCUT2D eigenvalue weighted by atomic mass is 10.1. The van der Waals surface area contributed by atoms with Crippen molar-refractivity contribution in [2.45, 2.75) is 0 Å². The van der Waals surface area contributed by atoms with Crippen molar-refractivity contribution in [3.05, 3.63) is 30.5 Å². The summed E-state index contributed by atoms with van der Waals surface area (Å²) in [5, 5.41) is 2.91. The fourth-order valence-electron chi connectivity index (χ4n) is 2.45. The Kier molecular flexibility index (Phi) is 1.78. The number of benzene rings is 2. The van der Waals surface area contributed by atoms with E-state index in [-0.39, 0.29) is 6.79 Å². The molecule has 4 rings (SSSR count). The molecule has 0 atom stereocenters. The molecule has 18 heavy (non-hydrogen) atoms. The third-order valence-electron chi connectivity index (χ3n) is 3.24. The van der Waals surface area contributed by atoms with Crippen LogP contribution in [0.15, 0.2) is 34.9 Å². The molecule has 4 heteroatoms. The van der Waals surface area contributed by atoms with Crippen molar-refractivity contribution < 1.29 is 18.6 Å².